The number of aromatic amines is 1. The number of ether oxygens (including phenoxy) is 2. The van der Waals surface area contributed by atoms with Crippen LogP contribution in [0.25, 0.3) is 11.2 Å². The smallest absolute Gasteiger partial charge is 0.173 e. The Morgan fingerprint density at radius 3 is 2.62 bits per heavy atom. The quantitative estimate of drug-likeness (QED) is 0.753. The number of imidazole rings is 1. The zero-order valence-electron chi connectivity index (χ0n) is 14.3. The summed E-state index contributed by atoms with van der Waals surface area (Å²) in [6, 6.07) is 5.79. The standard InChI is InChI=1S/C17H21N5O2/c1-10(2)16-20-14-15(18)19-9-22(17(14)21-16)8-11-5-6-12(23-3)13(7-11)24-4/h5-7,9-10,18H,8H2,1-4H3,(H,20,21). The second-order valence-electron chi connectivity index (χ2n) is 5.89. The van der Waals surface area contributed by atoms with E-state index < -0.39 is 0 Å². The molecule has 3 aromatic rings. The third-order valence-corrected chi connectivity index (χ3v) is 3.89. The molecule has 7 nitrogen and oxygen atoms in total. The predicted octanol–water partition coefficient (Wildman–Crippen LogP) is 2.43. The highest BCUT2D eigenvalue weighted by Gasteiger charge is 2.12. The molecule has 0 saturated carbocycles. The fourth-order valence-corrected chi connectivity index (χ4v) is 2.57. The Kier molecular flexibility index (Phi) is 4.24. The maximum absolute atomic E-state index is 7.98. The first-order valence-electron chi connectivity index (χ1n) is 7.74. The summed E-state index contributed by atoms with van der Waals surface area (Å²) in [5, 5.41) is 7.98. The average molecular weight is 327 g/mol. The van der Waals surface area contributed by atoms with Crippen molar-refractivity contribution >= 4 is 11.2 Å². The molecule has 126 valence electrons. The van der Waals surface area contributed by atoms with Gasteiger partial charge in [0.25, 0.3) is 0 Å². The first-order valence-corrected chi connectivity index (χ1v) is 7.74. The molecular formula is C17H21N5O2. The van der Waals surface area contributed by atoms with E-state index in [0.29, 0.717) is 23.6 Å². The summed E-state index contributed by atoms with van der Waals surface area (Å²) in [5.74, 6) is 2.48. The van der Waals surface area contributed by atoms with Crippen LogP contribution in [0.5, 0.6) is 11.5 Å². The van der Waals surface area contributed by atoms with E-state index in [1.54, 1.807) is 20.5 Å². The van der Waals surface area contributed by atoms with Crippen molar-refractivity contribution in [2.24, 2.45) is 0 Å². The van der Waals surface area contributed by atoms with Gasteiger partial charge in [-0.1, -0.05) is 19.9 Å². The van der Waals surface area contributed by atoms with E-state index >= 15 is 0 Å². The van der Waals surface area contributed by atoms with Crippen LogP contribution in [0.15, 0.2) is 24.5 Å². The lowest BCUT2D eigenvalue weighted by atomic mass is 10.2. The first-order chi connectivity index (χ1) is 11.5. The van der Waals surface area contributed by atoms with Crippen molar-refractivity contribution in [1.29, 1.82) is 5.41 Å². The Bertz CT molecular complexity index is 926. The van der Waals surface area contributed by atoms with E-state index in [1.807, 2.05) is 22.8 Å². The van der Waals surface area contributed by atoms with Gasteiger partial charge in [0.05, 0.1) is 27.1 Å². The number of fused-ring (bicyclic) bond motifs is 1. The van der Waals surface area contributed by atoms with Crippen molar-refractivity contribution in [3.8, 4) is 11.5 Å². The minimum absolute atomic E-state index is 0.202. The fourth-order valence-electron chi connectivity index (χ4n) is 2.57. The molecule has 1 aromatic carbocycles. The molecule has 0 amide bonds. The largest absolute Gasteiger partial charge is 0.493 e. The zero-order chi connectivity index (χ0) is 17.3. The third-order valence-electron chi connectivity index (χ3n) is 3.89. The molecule has 7 heteroatoms. The van der Waals surface area contributed by atoms with Crippen LogP contribution >= 0.6 is 0 Å². The van der Waals surface area contributed by atoms with Gasteiger partial charge in [0, 0.05) is 5.92 Å². The highest BCUT2D eigenvalue weighted by atomic mass is 16.5. The van der Waals surface area contributed by atoms with Crippen LogP contribution < -0.4 is 15.0 Å². The summed E-state index contributed by atoms with van der Waals surface area (Å²) >= 11 is 0. The van der Waals surface area contributed by atoms with E-state index in [9.17, 15) is 0 Å². The van der Waals surface area contributed by atoms with Gasteiger partial charge in [-0.2, -0.15) is 0 Å². The molecular weight excluding hydrogens is 306 g/mol. The van der Waals surface area contributed by atoms with Crippen LogP contribution in [0.4, 0.5) is 0 Å². The molecule has 2 heterocycles. The molecule has 3 rings (SSSR count). The summed E-state index contributed by atoms with van der Waals surface area (Å²) < 4.78 is 12.6. The summed E-state index contributed by atoms with van der Waals surface area (Å²) in [6.07, 6.45) is 1.65. The number of methoxy groups -OCH3 is 2. The van der Waals surface area contributed by atoms with Crippen molar-refractivity contribution in [3.63, 3.8) is 0 Å². The number of rotatable bonds is 5. The predicted molar refractivity (Wildman–Crippen MR) is 90.5 cm³/mol. The molecule has 2 aromatic heterocycles. The van der Waals surface area contributed by atoms with E-state index in [1.165, 1.54) is 0 Å². The Labute approximate surface area is 139 Å². The number of benzene rings is 1. The molecule has 0 unspecified atom stereocenters. The van der Waals surface area contributed by atoms with Crippen LogP contribution in [-0.4, -0.2) is 33.7 Å². The number of H-pyrrole nitrogens is 1. The van der Waals surface area contributed by atoms with Gasteiger partial charge in [-0.15, -0.1) is 0 Å². The Morgan fingerprint density at radius 2 is 1.96 bits per heavy atom. The first kappa shape index (κ1) is 16.0. The molecule has 0 radical (unpaired) electrons. The lowest BCUT2D eigenvalue weighted by Crippen LogP contribution is -2.13. The second-order valence-corrected chi connectivity index (χ2v) is 5.89. The van der Waals surface area contributed by atoms with Crippen LogP contribution in [0, 0.1) is 5.41 Å². The minimum atomic E-state index is 0.202. The van der Waals surface area contributed by atoms with E-state index in [0.717, 1.165) is 17.0 Å². The molecule has 0 aliphatic carbocycles. The van der Waals surface area contributed by atoms with E-state index in [4.69, 9.17) is 14.9 Å². The molecule has 24 heavy (non-hydrogen) atoms. The highest BCUT2D eigenvalue weighted by molar-refractivity contribution is 5.69. The van der Waals surface area contributed by atoms with Crippen molar-refractivity contribution in [2.45, 2.75) is 26.3 Å². The number of hydrogen-bond acceptors (Lipinski definition) is 5. The molecule has 0 spiro atoms. The maximum atomic E-state index is 7.98. The minimum Gasteiger partial charge on any atom is -0.493 e. The fraction of sp³-hybridized carbons (Fsp3) is 0.353. The Balaban J connectivity index is 2.04. The van der Waals surface area contributed by atoms with Gasteiger partial charge in [0.2, 0.25) is 0 Å². The van der Waals surface area contributed by atoms with Gasteiger partial charge in [0.15, 0.2) is 22.6 Å². The van der Waals surface area contributed by atoms with Crippen molar-refractivity contribution < 1.29 is 9.47 Å². The van der Waals surface area contributed by atoms with Crippen LogP contribution in [0.2, 0.25) is 0 Å². The normalized spacial score (nSPS) is 11.2. The van der Waals surface area contributed by atoms with Gasteiger partial charge in [0.1, 0.15) is 11.3 Å². The second kappa shape index (κ2) is 6.35. The number of hydrogen-bond donors (Lipinski definition) is 2. The van der Waals surface area contributed by atoms with E-state index in [2.05, 4.69) is 28.8 Å². The molecule has 0 atom stereocenters. The molecule has 2 N–H and O–H groups in total. The van der Waals surface area contributed by atoms with Crippen molar-refractivity contribution in [3.05, 3.63) is 41.4 Å². The Morgan fingerprint density at radius 1 is 1.21 bits per heavy atom. The van der Waals surface area contributed by atoms with Gasteiger partial charge in [-0.05, 0) is 17.7 Å². The van der Waals surface area contributed by atoms with Gasteiger partial charge in [-0.3, -0.25) is 5.41 Å². The molecule has 0 aliphatic rings. The van der Waals surface area contributed by atoms with Crippen molar-refractivity contribution in [2.75, 3.05) is 14.2 Å². The molecule has 0 saturated heterocycles. The topological polar surface area (TPSA) is 88.8 Å². The molecule has 0 aliphatic heterocycles. The lowest BCUT2D eigenvalue weighted by molar-refractivity contribution is 0.354. The average Bonchev–Trinajstić information content (AvgIpc) is 3.04. The van der Waals surface area contributed by atoms with Crippen LogP contribution in [0.3, 0.4) is 0 Å². The SMILES string of the molecule is COc1ccc(Cn2cnc(=N)c3[nH]c(C(C)C)nc32)cc1OC. The van der Waals surface area contributed by atoms with Gasteiger partial charge in [-0.25, -0.2) is 9.97 Å². The van der Waals surface area contributed by atoms with Crippen molar-refractivity contribution in [1.82, 2.24) is 19.5 Å². The summed E-state index contributed by atoms with van der Waals surface area (Å²) in [7, 11) is 3.23. The number of nitrogens with one attached hydrogen (secondary N) is 2. The van der Waals surface area contributed by atoms with Crippen LogP contribution in [0.1, 0.15) is 31.2 Å². The van der Waals surface area contributed by atoms with E-state index in [-0.39, 0.29) is 11.4 Å². The maximum Gasteiger partial charge on any atom is 0.173 e. The summed E-state index contributed by atoms with van der Waals surface area (Å²) in [4.78, 5) is 12.0. The Hall–Kier alpha value is -2.83. The lowest BCUT2D eigenvalue weighted by Gasteiger charge is -2.11. The number of aromatic nitrogens is 4. The molecule has 0 bridgehead atoms. The highest BCUT2D eigenvalue weighted by Crippen LogP contribution is 2.28. The summed E-state index contributed by atoms with van der Waals surface area (Å²) in [5.41, 5.74) is 2.62. The van der Waals surface area contributed by atoms with Gasteiger partial charge < -0.3 is 19.0 Å². The number of nitrogens with zero attached hydrogens (tertiary/aromatic N) is 3. The van der Waals surface area contributed by atoms with Gasteiger partial charge >= 0.3 is 0 Å². The third kappa shape index (κ3) is 2.84. The monoisotopic (exact) mass is 327 g/mol. The summed E-state index contributed by atoms with van der Waals surface area (Å²) in [6.45, 7) is 4.70. The van der Waals surface area contributed by atoms with Crippen LogP contribution in [-0.2, 0) is 6.54 Å². The zero-order valence-corrected chi connectivity index (χ0v) is 14.3. The molecule has 0 fully saturated rings.